The maximum absolute atomic E-state index is 12.9. The van der Waals surface area contributed by atoms with Gasteiger partial charge in [-0.1, -0.05) is 48.0 Å². The van der Waals surface area contributed by atoms with Crippen molar-refractivity contribution in [2.45, 2.75) is 32.2 Å². The van der Waals surface area contributed by atoms with E-state index in [-0.39, 0.29) is 11.8 Å². The molecule has 0 unspecified atom stereocenters. The van der Waals surface area contributed by atoms with Gasteiger partial charge < -0.3 is 0 Å². The van der Waals surface area contributed by atoms with Crippen LogP contribution in [0, 0.1) is 6.92 Å². The van der Waals surface area contributed by atoms with Gasteiger partial charge in [-0.15, -0.1) is 0 Å². The number of hydrogen-bond donors (Lipinski definition) is 0. The first kappa shape index (κ1) is 19.4. The van der Waals surface area contributed by atoms with E-state index in [4.69, 9.17) is 11.6 Å². The Bertz CT molecular complexity index is 870. The average molecular weight is 393 g/mol. The fourth-order valence-corrected chi connectivity index (χ4v) is 5.59. The highest BCUT2D eigenvalue weighted by molar-refractivity contribution is 7.88. The van der Waals surface area contributed by atoms with Crippen molar-refractivity contribution in [1.82, 2.24) is 9.21 Å². The lowest BCUT2D eigenvalue weighted by molar-refractivity contribution is 0.138. The Hall–Kier alpha value is -1.40. The number of sulfonamides is 1. The van der Waals surface area contributed by atoms with Gasteiger partial charge in [-0.2, -0.15) is 4.31 Å². The Morgan fingerprint density at radius 2 is 1.88 bits per heavy atom. The number of hydrogen-bond acceptors (Lipinski definition) is 3. The normalized spacial score (nSPS) is 19.6. The molecule has 1 aliphatic heterocycles. The maximum atomic E-state index is 12.9. The number of nitrogens with zero attached hydrogens (tertiary/aromatic N) is 2. The third-order valence-corrected chi connectivity index (χ3v) is 7.07. The van der Waals surface area contributed by atoms with Crippen molar-refractivity contribution in [3.8, 4) is 0 Å². The highest BCUT2D eigenvalue weighted by Gasteiger charge is 2.32. The second-order valence-electron chi connectivity index (χ2n) is 7.01. The van der Waals surface area contributed by atoms with E-state index in [0.29, 0.717) is 6.54 Å². The zero-order valence-corrected chi connectivity index (χ0v) is 16.8. The van der Waals surface area contributed by atoms with Crippen molar-refractivity contribution in [2.75, 3.05) is 19.6 Å². The second kappa shape index (κ2) is 8.09. The van der Waals surface area contributed by atoms with Gasteiger partial charge in [-0.3, -0.25) is 4.90 Å². The minimum Gasteiger partial charge on any atom is -0.296 e. The van der Waals surface area contributed by atoms with E-state index >= 15 is 0 Å². The van der Waals surface area contributed by atoms with Gasteiger partial charge in [0.25, 0.3) is 0 Å². The van der Waals surface area contributed by atoms with E-state index in [1.165, 1.54) is 0 Å². The van der Waals surface area contributed by atoms with Crippen molar-refractivity contribution in [3.05, 3.63) is 70.2 Å². The first-order chi connectivity index (χ1) is 12.3. The molecule has 0 aliphatic carbocycles. The fourth-order valence-electron chi connectivity index (χ4n) is 3.52. The molecular formula is C20H25ClN2O2S. The third kappa shape index (κ3) is 4.65. The minimum absolute atomic E-state index is 0.0445. The largest absolute Gasteiger partial charge is 0.296 e. The fraction of sp³-hybridized carbons (Fsp3) is 0.400. The van der Waals surface area contributed by atoms with Gasteiger partial charge in [0.1, 0.15) is 0 Å². The van der Waals surface area contributed by atoms with Crippen molar-refractivity contribution in [1.29, 1.82) is 0 Å². The molecule has 6 heteroatoms. The predicted molar refractivity (Wildman–Crippen MR) is 107 cm³/mol. The van der Waals surface area contributed by atoms with E-state index in [1.807, 2.05) is 56.3 Å². The van der Waals surface area contributed by atoms with Crippen molar-refractivity contribution >= 4 is 21.6 Å². The maximum Gasteiger partial charge on any atom is 0.218 e. The number of halogens is 1. The van der Waals surface area contributed by atoms with Gasteiger partial charge in [0.05, 0.1) is 5.75 Å². The lowest BCUT2D eigenvalue weighted by Gasteiger charge is -2.39. The Labute approximate surface area is 161 Å². The van der Waals surface area contributed by atoms with Gasteiger partial charge in [0, 0.05) is 37.2 Å². The molecule has 2 aromatic carbocycles. The zero-order valence-electron chi connectivity index (χ0n) is 15.2. The minimum atomic E-state index is -3.33. The molecule has 0 saturated carbocycles. The summed E-state index contributed by atoms with van der Waals surface area (Å²) in [7, 11) is -3.33. The second-order valence-corrected chi connectivity index (χ2v) is 9.37. The lowest BCUT2D eigenvalue weighted by Crippen LogP contribution is -2.53. The van der Waals surface area contributed by atoms with Crippen molar-refractivity contribution < 1.29 is 8.42 Å². The molecule has 1 saturated heterocycles. The van der Waals surface area contributed by atoms with E-state index in [1.54, 1.807) is 4.31 Å². The van der Waals surface area contributed by atoms with Crippen LogP contribution in [0.15, 0.2) is 48.5 Å². The summed E-state index contributed by atoms with van der Waals surface area (Å²) in [5.74, 6) is 0.0678. The molecule has 140 valence electrons. The number of aryl methyl sites for hydroxylation is 1. The van der Waals surface area contributed by atoms with Crippen LogP contribution in [-0.2, 0) is 22.3 Å². The molecule has 0 N–H and O–H groups in total. The molecular weight excluding hydrogens is 368 g/mol. The molecule has 1 aliphatic rings. The van der Waals surface area contributed by atoms with Gasteiger partial charge >= 0.3 is 0 Å². The summed E-state index contributed by atoms with van der Waals surface area (Å²) in [4.78, 5) is 2.29. The van der Waals surface area contributed by atoms with Gasteiger partial charge in [0.15, 0.2) is 0 Å². The summed E-state index contributed by atoms with van der Waals surface area (Å²) < 4.78 is 27.5. The Balaban J connectivity index is 1.65. The van der Waals surface area contributed by atoms with Crippen LogP contribution in [0.25, 0.3) is 0 Å². The number of rotatable bonds is 5. The summed E-state index contributed by atoms with van der Waals surface area (Å²) in [6, 6.07) is 15.5. The van der Waals surface area contributed by atoms with Crippen LogP contribution >= 0.6 is 11.6 Å². The molecule has 1 fully saturated rings. The summed E-state index contributed by atoms with van der Waals surface area (Å²) in [5, 5.41) is 0.731. The van der Waals surface area contributed by atoms with Crippen LogP contribution in [0.3, 0.4) is 0 Å². The molecule has 0 amide bonds. The van der Waals surface area contributed by atoms with Crippen LogP contribution in [0.2, 0.25) is 5.02 Å². The quantitative estimate of drug-likeness (QED) is 0.779. The molecule has 4 nitrogen and oxygen atoms in total. The Kier molecular flexibility index (Phi) is 6.03. The first-order valence-electron chi connectivity index (χ1n) is 8.86. The van der Waals surface area contributed by atoms with Crippen LogP contribution < -0.4 is 0 Å². The third-order valence-electron chi connectivity index (χ3n) is 4.90. The predicted octanol–water partition coefficient (Wildman–Crippen LogP) is 3.68. The topological polar surface area (TPSA) is 40.6 Å². The zero-order chi connectivity index (χ0) is 18.7. The highest BCUT2D eigenvalue weighted by Crippen LogP contribution is 2.21. The van der Waals surface area contributed by atoms with E-state index in [9.17, 15) is 8.42 Å². The van der Waals surface area contributed by atoms with Gasteiger partial charge in [-0.25, -0.2) is 8.42 Å². The molecule has 3 rings (SSSR count). The molecule has 0 bridgehead atoms. The van der Waals surface area contributed by atoms with Crippen LogP contribution in [0.5, 0.6) is 0 Å². The summed E-state index contributed by atoms with van der Waals surface area (Å²) in [6.07, 6.45) is 0. The van der Waals surface area contributed by atoms with E-state index < -0.39 is 10.0 Å². The monoisotopic (exact) mass is 392 g/mol. The molecule has 26 heavy (non-hydrogen) atoms. The first-order valence-corrected chi connectivity index (χ1v) is 10.8. The number of benzene rings is 2. The van der Waals surface area contributed by atoms with Crippen LogP contribution in [0.4, 0.5) is 0 Å². The van der Waals surface area contributed by atoms with E-state index in [0.717, 1.165) is 41.3 Å². The van der Waals surface area contributed by atoms with E-state index in [2.05, 4.69) is 11.0 Å². The Morgan fingerprint density at radius 1 is 1.12 bits per heavy atom. The molecule has 1 atom stereocenters. The summed E-state index contributed by atoms with van der Waals surface area (Å²) >= 11 is 6.06. The average Bonchev–Trinajstić information content (AvgIpc) is 2.56. The van der Waals surface area contributed by atoms with Crippen LogP contribution in [0.1, 0.15) is 23.6 Å². The van der Waals surface area contributed by atoms with Gasteiger partial charge in [-0.05, 0) is 42.7 Å². The standard InChI is InChI=1S/C20H25ClN2O2S/c1-16-6-3-4-8-19(16)15-26(24,25)23-11-10-22(13-17(23)2)14-18-7-5-9-20(21)12-18/h3-9,12,17H,10-11,13-15H2,1-2H3/t17-/m0/s1. The summed E-state index contributed by atoms with van der Waals surface area (Å²) in [5.41, 5.74) is 3.05. The molecule has 2 aromatic rings. The SMILES string of the molecule is Cc1ccccc1CS(=O)(=O)N1CCN(Cc2cccc(Cl)c2)C[C@@H]1C. The molecule has 1 heterocycles. The van der Waals surface area contributed by atoms with Gasteiger partial charge in [0.2, 0.25) is 10.0 Å². The highest BCUT2D eigenvalue weighted by atomic mass is 35.5. The molecule has 0 spiro atoms. The lowest BCUT2D eigenvalue weighted by atomic mass is 10.1. The molecule has 0 aromatic heterocycles. The number of piperazine rings is 1. The van der Waals surface area contributed by atoms with Crippen molar-refractivity contribution in [2.24, 2.45) is 0 Å². The molecule has 0 radical (unpaired) electrons. The Morgan fingerprint density at radius 3 is 2.58 bits per heavy atom. The summed E-state index contributed by atoms with van der Waals surface area (Å²) in [6.45, 7) is 6.70. The smallest absolute Gasteiger partial charge is 0.218 e. The van der Waals surface area contributed by atoms with Crippen molar-refractivity contribution in [3.63, 3.8) is 0 Å². The van der Waals surface area contributed by atoms with Crippen LogP contribution in [-0.4, -0.2) is 43.3 Å².